The first-order valence-corrected chi connectivity index (χ1v) is 10.6. The first-order chi connectivity index (χ1) is 13.1. The lowest BCUT2D eigenvalue weighted by molar-refractivity contribution is 0.126. The topological polar surface area (TPSA) is 22.2 Å². The molecule has 152 valence electrons. The second-order valence-corrected chi connectivity index (χ2v) is 8.45. The van der Waals surface area contributed by atoms with Crippen LogP contribution in [-0.2, 0) is 6.54 Å². The number of likely N-dealkylation sites (tertiary alicyclic amines) is 1. The van der Waals surface area contributed by atoms with Gasteiger partial charge in [-0.1, -0.05) is 18.2 Å². The van der Waals surface area contributed by atoms with E-state index in [1.54, 1.807) is 0 Å². The molecular weight excluding hydrogens is 336 g/mol. The van der Waals surface area contributed by atoms with Crippen molar-refractivity contribution < 1.29 is 4.74 Å². The van der Waals surface area contributed by atoms with Gasteiger partial charge in [-0.05, 0) is 53.0 Å². The van der Waals surface area contributed by atoms with Gasteiger partial charge >= 0.3 is 0 Å². The van der Waals surface area contributed by atoms with Crippen molar-refractivity contribution in [3.63, 3.8) is 0 Å². The Kier molecular flexibility index (Phi) is 7.94. The van der Waals surface area contributed by atoms with Crippen molar-refractivity contribution >= 4 is 0 Å². The van der Waals surface area contributed by atoms with Crippen LogP contribution in [-0.4, -0.2) is 99.2 Å². The number of ether oxygens (including phenoxy) is 1. The van der Waals surface area contributed by atoms with Crippen molar-refractivity contribution in [1.82, 2.24) is 19.6 Å². The zero-order valence-corrected chi connectivity index (χ0v) is 17.6. The van der Waals surface area contributed by atoms with E-state index in [-0.39, 0.29) is 0 Å². The van der Waals surface area contributed by atoms with Crippen molar-refractivity contribution in [2.45, 2.75) is 31.8 Å². The zero-order chi connectivity index (χ0) is 19.1. The third-order valence-electron chi connectivity index (χ3n) is 6.05. The molecule has 0 aromatic heterocycles. The summed E-state index contributed by atoms with van der Waals surface area (Å²) in [7, 11) is 6.61. The number of hydrogen-bond donors (Lipinski definition) is 0. The van der Waals surface area contributed by atoms with Crippen LogP contribution in [0.15, 0.2) is 24.3 Å². The van der Waals surface area contributed by atoms with Gasteiger partial charge < -0.3 is 19.4 Å². The first-order valence-electron chi connectivity index (χ1n) is 10.6. The van der Waals surface area contributed by atoms with Gasteiger partial charge in [-0.15, -0.1) is 0 Å². The summed E-state index contributed by atoms with van der Waals surface area (Å²) in [6, 6.07) is 9.28. The molecule has 0 radical (unpaired) electrons. The van der Waals surface area contributed by atoms with Crippen LogP contribution in [0.25, 0.3) is 0 Å². The third-order valence-corrected chi connectivity index (χ3v) is 6.05. The molecule has 0 amide bonds. The molecule has 1 atom stereocenters. The molecule has 2 heterocycles. The molecule has 3 rings (SSSR count). The number of hydrogen-bond acceptors (Lipinski definition) is 5. The molecule has 0 bridgehead atoms. The molecule has 0 N–H and O–H groups in total. The lowest BCUT2D eigenvalue weighted by atomic mass is 10.0. The maximum Gasteiger partial charge on any atom is 0.123 e. The summed E-state index contributed by atoms with van der Waals surface area (Å²) >= 11 is 0. The average molecular weight is 375 g/mol. The van der Waals surface area contributed by atoms with E-state index in [2.05, 4.69) is 65.0 Å². The summed E-state index contributed by atoms with van der Waals surface area (Å²) in [4.78, 5) is 9.92. The van der Waals surface area contributed by atoms with E-state index in [1.807, 2.05) is 0 Å². The molecule has 0 aliphatic carbocycles. The Balaban J connectivity index is 1.44. The molecule has 2 saturated heterocycles. The monoisotopic (exact) mass is 374 g/mol. The number of piperazine rings is 1. The van der Waals surface area contributed by atoms with E-state index in [0.717, 1.165) is 38.4 Å². The molecule has 0 spiro atoms. The number of benzene rings is 1. The minimum atomic E-state index is 0.676. The normalized spacial score (nSPS) is 23.0. The number of nitrogens with zero attached hydrogens (tertiary/aromatic N) is 4. The molecule has 2 fully saturated rings. The van der Waals surface area contributed by atoms with Crippen molar-refractivity contribution in [3.8, 4) is 5.75 Å². The fraction of sp³-hybridized carbons (Fsp3) is 0.727. The smallest absolute Gasteiger partial charge is 0.123 e. The van der Waals surface area contributed by atoms with Crippen LogP contribution in [0, 0.1) is 0 Å². The molecular formula is C22H38N4O. The van der Waals surface area contributed by atoms with Crippen LogP contribution in [0.3, 0.4) is 0 Å². The molecule has 0 saturated carbocycles. The van der Waals surface area contributed by atoms with E-state index < -0.39 is 0 Å². The summed E-state index contributed by atoms with van der Waals surface area (Å²) in [5, 5.41) is 0. The number of piperidine rings is 1. The highest BCUT2D eigenvalue weighted by atomic mass is 16.5. The molecule has 5 heteroatoms. The van der Waals surface area contributed by atoms with Crippen LogP contribution < -0.4 is 4.74 Å². The van der Waals surface area contributed by atoms with Crippen LogP contribution >= 0.6 is 0 Å². The zero-order valence-electron chi connectivity index (χ0n) is 17.6. The highest BCUT2D eigenvalue weighted by Crippen LogP contribution is 2.23. The molecule has 1 aromatic carbocycles. The molecule has 27 heavy (non-hydrogen) atoms. The summed E-state index contributed by atoms with van der Waals surface area (Å²) in [5.74, 6) is 1.07. The van der Waals surface area contributed by atoms with Crippen molar-refractivity contribution in [2.75, 3.05) is 73.6 Å². The third kappa shape index (κ3) is 6.46. The summed E-state index contributed by atoms with van der Waals surface area (Å²) in [6.07, 6.45) is 3.70. The number of para-hydroxylation sites is 1. The van der Waals surface area contributed by atoms with Gasteiger partial charge in [0.25, 0.3) is 0 Å². The van der Waals surface area contributed by atoms with E-state index in [4.69, 9.17) is 4.74 Å². The summed E-state index contributed by atoms with van der Waals surface area (Å²) in [6.45, 7) is 10.1. The lowest BCUT2D eigenvalue weighted by Gasteiger charge is -2.36. The van der Waals surface area contributed by atoms with Crippen LogP contribution in [0.2, 0.25) is 0 Å². The van der Waals surface area contributed by atoms with Gasteiger partial charge in [0, 0.05) is 57.4 Å². The van der Waals surface area contributed by atoms with E-state index >= 15 is 0 Å². The van der Waals surface area contributed by atoms with Gasteiger partial charge in [0.15, 0.2) is 0 Å². The van der Waals surface area contributed by atoms with Gasteiger partial charge in [0.2, 0.25) is 0 Å². The Bertz CT molecular complexity index is 557. The second kappa shape index (κ2) is 10.4. The summed E-state index contributed by atoms with van der Waals surface area (Å²) < 4.78 is 6.19. The highest BCUT2D eigenvalue weighted by molar-refractivity contribution is 5.33. The fourth-order valence-electron chi connectivity index (χ4n) is 4.15. The number of rotatable bonds is 8. The van der Waals surface area contributed by atoms with Gasteiger partial charge in [0.1, 0.15) is 5.75 Å². The van der Waals surface area contributed by atoms with E-state index in [1.165, 1.54) is 51.1 Å². The van der Waals surface area contributed by atoms with Gasteiger partial charge in [0.05, 0.1) is 6.61 Å². The SMILES string of the molecule is CN1CCN(CCCOc2ccccc2CN2CCC[C@H](N(C)C)C2)CC1. The molecule has 2 aliphatic rings. The minimum absolute atomic E-state index is 0.676. The van der Waals surface area contributed by atoms with Crippen LogP contribution in [0.4, 0.5) is 0 Å². The van der Waals surface area contributed by atoms with Crippen molar-refractivity contribution in [3.05, 3.63) is 29.8 Å². The fourth-order valence-corrected chi connectivity index (χ4v) is 4.15. The van der Waals surface area contributed by atoms with E-state index in [9.17, 15) is 0 Å². The first kappa shape index (κ1) is 20.6. The minimum Gasteiger partial charge on any atom is -0.493 e. The second-order valence-electron chi connectivity index (χ2n) is 8.45. The Morgan fingerprint density at radius 3 is 2.59 bits per heavy atom. The van der Waals surface area contributed by atoms with Gasteiger partial charge in [-0.3, -0.25) is 4.90 Å². The quantitative estimate of drug-likeness (QED) is 0.649. The van der Waals surface area contributed by atoms with Crippen LogP contribution in [0.5, 0.6) is 5.75 Å². The van der Waals surface area contributed by atoms with Crippen molar-refractivity contribution in [2.24, 2.45) is 0 Å². The molecule has 2 aliphatic heterocycles. The van der Waals surface area contributed by atoms with Gasteiger partial charge in [-0.25, -0.2) is 0 Å². The standard InChI is InChI=1S/C22H38N4O/c1-23(2)21-9-6-11-26(19-21)18-20-8-4-5-10-22(20)27-17-7-12-25-15-13-24(3)14-16-25/h4-5,8,10,21H,6-7,9,11-19H2,1-3H3/t21-/m0/s1. The lowest BCUT2D eigenvalue weighted by Crippen LogP contribution is -2.44. The Morgan fingerprint density at radius 2 is 1.81 bits per heavy atom. The Hall–Kier alpha value is -1.14. The predicted molar refractivity (Wildman–Crippen MR) is 112 cm³/mol. The molecule has 5 nitrogen and oxygen atoms in total. The van der Waals surface area contributed by atoms with E-state index in [0.29, 0.717) is 6.04 Å². The number of likely N-dealkylation sites (N-methyl/N-ethyl adjacent to an activating group) is 2. The highest BCUT2D eigenvalue weighted by Gasteiger charge is 2.22. The Labute approximate surface area is 165 Å². The van der Waals surface area contributed by atoms with Gasteiger partial charge in [-0.2, -0.15) is 0 Å². The summed E-state index contributed by atoms with van der Waals surface area (Å²) in [5.41, 5.74) is 1.33. The molecule has 1 aromatic rings. The van der Waals surface area contributed by atoms with Crippen molar-refractivity contribution in [1.29, 1.82) is 0 Å². The maximum atomic E-state index is 6.19. The van der Waals surface area contributed by atoms with Crippen LogP contribution in [0.1, 0.15) is 24.8 Å². The largest absolute Gasteiger partial charge is 0.493 e. The molecule has 0 unspecified atom stereocenters. The average Bonchev–Trinajstić information content (AvgIpc) is 2.68. The maximum absolute atomic E-state index is 6.19. The Morgan fingerprint density at radius 1 is 1.04 bits per heavy atom. The predicted octanol–water partition coefficient (Wildman–Crippen LogP) is 2.23.